The summed E-state index contributed by atoms with van der Waals surface area (Å²) in [5.41, 5.74) is 2.39. The summed E-state index contributed by atoms with van der Waals surface area (Å²) in [6.07, 6.45) is 1.80. The lowest BCUT2D eigenvalue weighted by atomic mass is 9.99. The summed E-state index contributed by atoms with van der Waals surface area (Å²) >= 11 is 18.0. The Balaban J connectivity index is 2.07. The average Bonchev–Trinajstić information content (AvgIpc) is 2.42. The Hall–Kier alpha value is -0.730. The number of hydrogen-bond donors (Lipinski definition) is 1. The Morgan fingerprint density at radius 3 is 2.20 bits per heavy atom. The van der Waals surface area contributed by atoms with Crippen molar-refractivity contribution in [3.05, 3.63) is 68.7 Å². The lowest BCUT2D eigenvalue weighted by Crippen LogP contribution is -2.29. The molecule has 106 valence electrons. The first-order chi connectivity index (χ1) is 9.58. The fraction of sp³-hybridized carbons (Fsp3) is 0.250. The van der Waals surface area contributed by atoms with Crippen molar-refractivity contribution in [1.82, 2.24) is 5.32 Å². The van der Waals surface area contributed by atoms with E-state index in [1.54, 1.807) is 0 Å². The van der Waals surface area contributed by atoms with Crippen LogP contribution < -0.4 is 5.32 Å². The molecule has 2 aromatic carbocycles. The van der Waals surface area contributed by atoms with Crippen molar-refractivity contribution in [2.75, 3.05) is 7.05 Å². The zero-order valence-corrected chi connectivity index (χ0v) is 13.4. The minimum Gasteiger partial charge on any atom is -0.316 e. The third-order valence-electron chi connectivity index (χ3n) is 3.25. The second kappa shape index (κ2) is 7.33. The molecule has 1 nitrogen and oxygen atoms in total. The van der Waals surface area contributed by atoms with E-state index < -0.39 is 0 Å². The van der Waals surface area contributed by atoms with Gasteiger partial charge in [0.1, 0.15) is 0 Å². The second-order valence-electron chi connectivity index (χ2n) is 4.77. The van der Waals surface area contributed by atoms with Gasteiger partial charge >= 0.3 is 0 Å². The minimum absolute atomic E-state index is 0.325. The Labute approximate surface area is 134 Å². The molecular weight excluding hydrogens is 313 g/mol. The van der Waals surface area contributed by atoms with E-state index in [-0.39, 0.29) is 0 Å². The highest BCUT2D eigenvalue weighted by molar-refractivity contribution is 6.42. The fourth-order valence-electron chi connectivity index (χ4n) is 2.18. The Morgan fingerprint density at radius 1 is 0.900 bits per heavy atom. The quantitative estimate of drug-likeness (QED) is 0.812. The van der Waals surface area contributed by atoms with Gasteiger partial charge in [-0.1, -0.05) is 53.0 Å². The van der Waals surface area contributed by atoms with Crippen LogP contribution in [0.15, 0.2) is 42.5 Å². The number of rotatable bonds is 5. The molecule has 0 heterocycles. The van der Waals surface area contributed by atoms with Crippen LogP contribution >= 0.6 is 34.8 Å². The molecule has 0 radical (unpaired) electrons. The van der Waals surface area contributed by atoms with E-state index in [4.69, 9.17) is 34.8 Å². The minimum atomic E-state index is 0.325. The summed E-state index contributed by atoms with van der Waals surface area (Å²) in [6, 6.07) is 14.0. The molecule has 1 unspecified atom stereocenters. The van der Waals surface area contributed by atoms with Crippen molar-refractivity contribution in [1.29, 1.82) is 0 Å². The first-order valence-electron chi connectivity index (χ1n) is 6.44. The lowest BCUT2D eigenvalue weighted by Gasteiger charge is -2.17. The van der Waals surface area contributed by atoms with Crippen LogP contribution in [-0.4, -0.2) is 13.1 Å². The summed E-state index contributed by atoms with van der Waals surface area (Å²) in [4.78, 5) is 0. The normalized spacial score (nSPS) is 12.4. The SMILES string of the molecule is CNC(Cc1cccc(Cl)c1)Cc1ccc(Cl)c(Cl)c1. The third kappa shape index (κ3) is 4.39. The molecule has 20 heavy (non-hydrogen) atoms. The van der Waals surface area contributed by atoms with Crippen LogP contribution in [0.4, 0.5) is 0 Å². The van der Waals surface area contributed by atoms with Crippen LogP contribution in [0.3, 0.4) is 0 Å². The molecule has 0 spiro atoms. The van der Waals surface area contributed by atoms with E-state index in [0.29, 0.717) is 16.1 Å². The predicted molar refractivity (Wildman–Crippen MR) is 88.2 cm³/mol. The lowest BCUT2D eigenvalue weighted by molar-refractivity contribution is 0.556. The van der Waals surface area contributed by atoms with Gasteiger partial charge in [-0.2, -0.15) is 0 Å². The third-order valence-corrected chi connectivity index (χ3v) is 4.22. The molecule has 1 atom stereocenters. The zero-order valence-electron chi connectivity index (χ0n) is 11.2. The number of likely N-dealkylation sites (N-methyl/N-ethyl adjacent to an activating group) is 1. The average molecular weight is 329 g/mol. The maximum Gasteiger partial charge on any atom is 0.0595 e. The smallest absolute Gasteiger partial charge is 0.0595 e. The van der Waals surface area contributed by atoms with Gasteiger partial charge in [0.05, 0.1) is 10.0 Å². The van der Waals surface area contributed by atoms with Crippen LogP contribution in [0.5, 0.6) is 0 Å². The van der Waals surface area contributed by atoms with E-state index in [9.17, 15) is 0 Å². The maximum absolute atomic E-state index is 6.05. The van der Waals surface area contributed by atoms with Crippen LogP contribution in [0.1, 0.15) is 11.1 Å². The molecule has 0 bridgehead atoms. The van der Waals surface area contributed by atoms with Crippen LogP contribution in [0, 0.1) is 0 Å². The standard InChI is InChI=1S/C16H16Cl3N/c1-20-14(8-11-3-2-4-13(17)7-11)9-12-5-6-15(18)16(19)10-12/h2-7,10,14,20H,8-9H2,1H3. The summed E-state index contributed by atoms with van der Waals surface area (Å²) in [7, 11) is 1.97. The van der Waals surface area contributed by atoms with E-state index >= 15 is 0 Å². The molecule has 0 aromatic heterocycles. The van der Waals surface area contributed by atoms with Crippen LogP contribution in [0.2, 0.25) is 15.1 Å². The van der Waals surface area contributed by atoms with E-state index in [1.807, 2.05) is 43.4 Å². The number of benzene rings is 2. The fourth-order valence-corrected chi connectivity index (χ4v) is 2.71. The van der Waals surface area contributed by atoms with Gasteiger partial charge < -0.3 is 5.32 Å². The van der Waals surface area contributed by atoms with Gasteiger partial charge in [0.2, 0.25) is 0 Å². The summed E-state index contributed by atoms with van der Waals surface area (Å²) < 4.78 is 0. The molecule has 2 rings (SSSR count). The molecule has 0 aliphatic carbocycles. The van der Waals surface area contributed by atoms with Crippen LogP contribution in [-0.2, 0) is 12.8 Å². The highest BCUT2D eigenvalue weighted by atomic mass is 35.5. The molecule has 0 aliphatic heterocycles. The van der Waals surface area contributed by atoms with Crippen LogP contribution in [0.25, 0.3) is 0 Å². The largest absolute Gasteiger partial charge is 0.316 e. The summed E-state index contributed by atoms with van der Waals surface area (Å²) in [6.45, 7) is 0. The van der Waals surface area contributed by atoms with Gasteiger partial charge in [-0.25, -0.2) is 0 Å². The molecule has 0 fully saturated rings. The molecular formula is C16H16Cl3N. The first kappa shape index (κ1) is 15.7. The Bertz CT molecular complexity index is 584. The molecule has 0 aliphatic rings. The van der Waals surface area contributed by atoms with E-state index in [2.05, 4.69) is 11.4 Å². The number of hydrogen-bond acceptors (Lipinski definition) is 1. The molecule has 0 saturated heterocycles. The second-order valence-corrected chi connectivity index (χ2v) is 6.02. The molecule has 1 N–H and O–H groups in total. The molecule has 2 aromatic rings. The summed E-state index contributed by atoms with van der Waals surface area (Å²) in [5, 5.41) is 5.29. The van der Waals surface area contributed by atoms with Crippen molar-refractivity contribution in [2.24, 2.45) is 0 Å². The van der Waals surface area contributed by atoms with Crippen molar-refractivity contribution in [2.45, 2.75) is 18.9 Å². The van der Waals surface area contributed by atoms with Crippen molar-refractivity contribution >= 4 is 34.8 Å². The van der Waals surface area contributed by atoms with E-state index in [0.717, 1.165) is 17.9 Å². The van der Waals surface area contributed by atoms with Crippen molar-refractivity contribution < 1.29 is 0 Å². The van der Waals surface area contributed by atoms with Gasteiger partial charge in [-0.3, -0.25) is 0 Å². The molecule has 0 saturated carbocycles. The topological polar surface area (TPSA) is 12.0 Å². The first-order valence-corrected chi connectivity index (χ1v) is 7.57. The van der Waals surface area contributed by atoms with Gasteiger partial charge in [-0.15, -0.1) is 0 Å². The van der Waals surface area contributed by atoms with Gasteiger partial charge in [0.25, 0.3) is 0 Å². The van der Waals surface area contributed by atoms with Gasteiger partial charge in [0, 0.05) is 11.1 Å². The molecule has 0 amide bonds. The Kier molecular flexibility index (Phi) is 5.74. The highest BCUT2D eigenvalue weighted by Crippen LogP contribution is 2.23. The zero-order chi connectivity index (χ0) is 14.5. The maximum atomic E-state index is 6.05. The van der Waals surface area contributed by atoms with Crippen molar-refractivity contribution in [3.63, 3.8) is 0 Å². The summed E-state index contributed by atoms with van der Waals surface area (Å²) in [5.74, 6) is 0. The predicted octanol–water partition coefficient (Wildman–Crippen LogP) is 5.02. The molecule has 4 heteroatoms. The van der Waals surface area contributed by atoms with Gasteiger partial charge in [-0.05, 0) is 55.3 Å². The monoisotopic (exact) mass is 327 g/mol. The van der Waals surface area contributed by atoms with E-state index in [1.165, 1.54) is 11.1 Å². The highest BCUT2D eigenvalue weighted by Gasteiger charge is 2.10. The number of halogens is 3. The van der Waals surface area contributed by atoms with Crippen molar-refractivity contribution in [3.8, 4) is 0 Å². The van der Waals surface area contributed by atoms with Gasteiger partial charge in [0.15, 0.2) is 0 Å². The number of nitrogens with one attached hydrogen (secondary N) is 1. The Morgan fingerprint density at radius 2 is 1.60 bits per heavy atom.